The summed E-state index contributed by atoms with van der Waals surface area (Å²) in [7, 11) is 0. The zero-order valence-electron chi connectivity index (χ0n) is 12.6. The van der Waals surface area contributed by atoms with Crippen LogP contribution in [0.25, 0.3) is 0 Å². The van der Waals surface area contributed by atoms with Crippen LogP contribution in [-0.4, -0.2) is 73.0 Å². The highest BCUT2D eigenvalue weighted by molar-refractivity contribution is 5.82. The molecule has 0 aromatic heterocycles. The Morgan fingerprint density at radius 1 is 1.05 bits per heavy atom. The zero-order valence-corrected chi connectivity index (χ0v) is 12.6. The molecule has 3 heterocycles. The molecule has 6 nitrogen and oxygen atoms in total. The predicted molar refractivity (Wildman–Crippen MR) is 79.8 cm³/mol. The lowest BCUT2D eigenvalue weighted by Gasteiger charge is -2.36. The Kier molecular flexibility index (Phi) is 4.75. The van der Waals surface area contributed by atoms with Crippen LogP contribution in [0, 0.1) is 0 Å². The molecule has 21 heavy (non-hydrogen) atoms. The fraction of sp³-hybridized carbons (Fsp3) is 0.867. The van der Waals surface area contributed by atoms with E-state index in [-0.39, 0.29) is 23.9 Å². The molecule has 6 heteroatoms. The molecule has 3 aliphatic heterocycles. The first-order valence-electron chi connectivity index (χ1n) is 8.27. The third kappa shape index (κ3) is 3.37. The maximum absolute atomic E-state index is 12.8. The summed E-state index contributed by atoms with van der Waals surface area (Å²) in [6.45, 7) is 5.15. The number of nitrogens with one attached hydrogen (secondary N) is 2. The van der Waals surface area contributed by atoms with Gasteiger partial charge in [0.15, 0.2) is 0 Å². The number of hydrogen-bond acceptors (Lipinski definition) is 4. The number of hydrogen-bond donors (Lipinski definition) is 2. The molecule has 0 aromatic rings. The smallest absolute Gasteiger partial charge is 0.240 e. The molecule has 3 fully saturated rings. The number of likely N-dealkylation sites (tertiary alicyclic amines) is 1. The SMILES string of the molecule is O=C1CC(N2CCCC2C(=O)N2CCNCC2)CCCN1. The Morgan fingerprint density at radius 2 is 1.86 bits per heavy atom. The van der Waals surface area contributed by atoms with Gasteiger partial charge in [-0.2, -0.15) is 0 Å². The molecule has 0 radical (unpaired) electrons. The molecule has 2 N–H and O–H groups in total. The second kappa shape index (κ2) is 6.75. The van der Waals surface area contributed by atoms with Crippen molar-refractivity contribution in [2.75, 3.05) is 39.3 Å². The molecular formula is C15H26N4O2. The third-order valence-electron chi connectivity index (χ3n) is 4.93. The van der Waals surface area contributed by atoms with Crippen molar-refractivity contribution in [2.45, 2.75) is 44.2 Å². The fourth-order valence-electron chi connectivity index (χ4n) is 3.82. The first-order chi connectivity index (χ1) is 10.3. The number of rotatable bonds is 2. The van der Waals surface area contributed by atoms with Gasteiger partial charge in [0.05, 0.1) is 6.04 Å². The van der Waals surface area contributed by atoms with Crippen LogP contribution in [0.2, 0.25) is 0 Å². The van der Waals surface area contributed by atoms with Crippen LogP contribution < -0.4 is 10.6 Å². The van der Waals surface area contributed by atoms with Gasteiger partial charge in [-0.3, -0.25) is 14.5 Å². The summed E-state index contributed by atoms with van der Waals surface area (Å²) < 4.78 is 0. The second-order valence-corrected chi connectivity index (χ2v) is 6.32. The molecule has 3 aliphatic rings. The minimum absolute atomic E-state index is 0.000926. The molecule has 0 saturated carbocycles. The van der Waals surface area contributed by atoms with Crippen molar-refractivity contribution in [1.29, 1.82) is 0 Å². The van der Waals surface area contributed by atoms with Gasteiger partial charge in [0.2, 0.25) is 11.8 Å². The minimum Gasteiger partial charge on any atom is -0.356 e. The maximum Gasteiger partial charge on any atom is 0.240 e. The number of piperazine rings is 1. The molecule has 3 rings (SSSR count). The predicted octanol–water partition coefficient (Wildman–Crippen LogP) is -0.449. The van der Waals surface area contributed by atoms with E-state index in [1.807, 2.05) is 4.90 Å². The highest BCUT2D eigenvalue weighted by atomic mass is 16.2. The summed E-state index contributed by atoms with van der Waals surface area (Å²) in [5, 5.41) is 6.22. The van der Waals surface area contributed by atoms with Crippen LogP contribution in [0.4, 0.5) is 0 Å². The van der Waals surface area contributed by atoms with Gasteiger partial charge in [0.25, 0.3) is 0 Å². The van der Waals surface area contributed by atoms with Crippen LogP contribution in [0.3, 0.4) is 0 Å². The Hall–Kier alpha value is -1.14. The van der Waals surface area contributed by atoms with E-state index in [0.29, 0.717) is 6.42 Å². The topological polar surface area (TPSA) is 64.7 Å². The van der Waals surface area contributed by atoms with Gasteiger partial charge >= 0.3 is 0 Å². The molecule has 2 atom stereocenters. The van der Waals surface area contributed by atoms with Crippen molar-refractivity contribution in [1.82, 2.24) is 20.4 Å². The van der Waals surface area contributed by atoms with Gasteiger partial charge in [-0.15, -0.1) is 0 Å². The van der Waals surface area contributed by atoms with Gasteiger partial charge in [-0.05, 0) is 32.2 Å². The summed E-state index contributed by atoms with van der Waals surface area (Å²) in [5.74, 6) is 0.413. The van der Waals surface area contributed by atoms with Crippen LogP contribution in [0.1, 0.15) is 32.1 Å². The molecule has 2 unspecified atom stereocenters. The number of carbonyl (C=O) groups excluding carboxylic acids is 2. The molecule has 0 bridgehead atoms. The third-order valence-corrected chi connectivity index (χ3v) is 4.93. The highest BCUT2D eigenvalue weighted by Gasteiger charge is 2.38. The monoisotopic (exact) mass is 294 g/mol. The first kappa shape index (κ1) is 14.8. The average molecular weight is 294 g/mol. The standard InChI is InChI=1S/C15H26N4O2/c20-14-11-12(3-1-5-17-14)19-8-2-4-13(19)15(21)18-9-6-16-7-10-18/h12-13,16H,1-11H2,(H,17,20). The van der Waals surface area contributed by atoms with Crippen molar-refractivity contribution in [2.24, 2.45) is 0 Å². The van der Waals surface area contributed by atoms with Gasteiger partial charge < -0.3 is 15.5 Å². The summed E-state index contributed by atoms with van der Waals surface area (Å²) in [5.41, 5.74) is 0. The fourth-order valence-corrected chi connectivity index (χ4v) is 3.82. The van der Waals surface area contributed by atoms with Crippen molar-refractivity contribution < 1.29 is 9.59 Å². The van der Waals surface area contributed by atoms with Gasteiger partial charge in [-0.1, -0.05) is 0 Å². The summed E-state index contributed by atoms with van der Waals surface area (Å²) >= 11 is 0. The van der Waals surface area contributed by atoms with Crippen molar-refractivity contribution in [3.8, 4) is 0 Å². The largest absolute Gasteiger partial charge is 0.356 e. The van der Waals surface area contributed by atoms with Crippen molar-refractivity contribution in [3.63, 3.8) is 0 Å². The van der Waals surface area contributed by atoms with E-state index in [0.717, 1.165) is 65.0 Å². The summed E-state index contributed by atoms with van der Waals surface area (Å²) in [6, 6.07) is 0.242. The van der Waals surface area contributed by atoms with Crippen LogP contribution in [-0.2, 0) is 9.59 Å². The van der Waals surface area contributed by atoms with E-state index >= 15 is 0 Å². The van der Waals surface area contributed by atoms with Crippen molar-refractivity contribution >= 4 is 11.8 Å². The number of nitrogens with zero attached hydrogens (tertiary/aromatic N) is 2. The Labute approximate surface area is 126 Å². The molecule has 0 aromatic carbocycles. The van der Waals surface area contributed by atoms with Gasteiger partial charge in [0, 0.05) is 45.2 Å². The van der Waals surface area contributed by atoms with Crippen LogP contribution >= 0.6 is 0 Å². The van der Waals surface area contributed by atoms with E-state index in [2.05, 4.69) is 15.5 Å². The quantitative estimate of drug-likeness (QED) is 0.724. The maximum atomic E-state index is 12.8. The van der Waals surface area contributed by atoms with E-state index in [4.69, 9.17) is 0 Å². The van der Waals surface area contributed by atoms with Crippen molar-refractivity contribution in [3.05, 3.63) is 0 Å². The lowest BCUT2D eigenvalue weighted by atomic mass is 10.0. The zero-order chi connectivity index (χ0) is 14.7. The van der Waals surface area contributed by atoms with Crippen LogP contribution in [0.5, 0.6) is 0 Å². The number of amides is 2. The Morgan fingerprint density at radius 3 is 2.67 bits per heavy atom. The lowest BCUT2D eigenvalue weighted by Crippen LogP contribution is -2.54. The molecule has 3 saturated heterocycles. The Balaban J connectivity index is 1.66. The highest BCUT2D eigenvalue weighted by Crippen LogP contribution is 2.26. The number of carbonyl (C=O) groups is 2. The molecule has 0 aliphatic carbocycles. The average Bonchev–Trinajstić information content (AvgIpc) is 2.90. The van der Waals surface area contributed by atoms with E-state index in [1.165, 1.54) is 0 Å². The minimum atomic E-state index is -0.000926. The second-order valence-electron chi connectivity index (χ2n) is 6.32. The molecule has 2 amide bonds. The van der Waals surface area contributed by atoms with E-state index < -0.39 is 0 Å². The molecule has 0 spiro atoms. The Bertz CT molecular complexity index is 395. The summed E-state index contributed by atoms with van der Waals surface area (Å²) in [4.78, 5) is 28.9. The van der Waals surface area contributed by atoms with Crippen LogP contribution in [0.15, 0.2) is 0 Å². The van der Waals surface area contributed by atoms with E-state index in [1.54, 1.807) is 0 Å². The lowest BCUT2D eigenvalue weighted by molar-refractivity contribution is -0.138. The first-order valence-corrected chi connectivity index (χ1v) is 8.27. The normalized spacial score (nSPS) is 31.8. The van der Waals surface area contributed by atoms with Gasteiger partial charge in [0.1, 0.15) is 0 Å². The summed E-state index contributed by atoms with van der Waals surface area (Å²) in [6.07, 6.45) is 4.60. The molecule has 118 valence electrons. The van der Waals surface area contributed by atoms with E-state index in [9.17, 15) is 9.59 Å². The van der Waals surface area contributed by atoms with Gasteiger partial charge in [-0.25, -0.2) is 0 Å². The molecular weight excluding hydrogens is 268 g/mol.